The van der Waals surface area contributed by atoms with Crippen molar-refractivity contribution in [3.05, 3.63) is 24.3 Å². The van der Waals surface area contributed by atoms with Crippen LogP contribution in [0, 0.1) is 17.8 Å². The van der Waals surface area contributed by atoms with Crippen LogP contribution in [0.25, 0.3) is 0 Å². The van der Waals surface area contributed by atoms with E-state index in [1.165, 1.54) is 0 Å². The zero-order chi connectivity index (χ0) is 16.0. The summed E-state index contributed by atoms with van der Waals surface area (Å²) in [5.41, 5.74) is 7.77. The van der Waals surface area contributed by atoms with Crippen molar-refractivity contribution < 1.29 is 9.59 Å². The molecule has 3 amide bonds. The van der Waals surface area contributed by atoms with Gasteiger partial charge in [-0.3, -0.25) is 9.69 Å². The van der Waals surface area contributed by atoms with Gasteiger partial charge in [0.05, 0.1) is 5.92 Å². The molecular formula is C17H23ClN4O2. The standard InChI is InChI=1S/C17H22N4O2.ClH/c18-15-11-5-4-10(8-11)14(15)16(22)20-12-2-1-3-13(9-12)21-7-6-19-17(21)23;/h1-3,9-11,14-15H,4-8,18H2,(H,19,23)(H,20,22);1H. The maximum atomic E-state index is 12.6. The molecule has 2 saturated carbocycles. The van der Waals surface area contributed by atoms with E-state index in [4.69, 9.17) is 5.73 Å². The lowest BCUT2D eigenvalue weighted by Gasteiger charge is -2.27. The first-order chi connectivity index (χ1) is 11.1. The largest absolute Gasteiger partial charge is 0.336 e. The molecule has 4 unspecified atom stereocenters. The normalized spacial score (nSPS) is 30.9. The number of hydrogen-bond donors (Lipinski definition) is 3. The van der Waals surface area contributed by atoms with E-state index >= 15 is 0 Å². The lowest BCUT2D eigenvalue weighted by molar-refractivity contribution is -0.121. The summed E-state index contributed by atoms with van der Waals surface area (Å²) in [7, 11) is 0. The number of carbonyl (C=O) groups excluding carboxylic acids is 2. The van der Waals surface area contributed by atoms with Crippen molar-refractivity contribution in [1.29, 1.82) is 0 Å². The van der Waals surface area contributed by atoms with Crippen LogP contribution < -0.4 is 21.3 Å². The maximum absolute atomic E-state index is 12.6. The molecule has 1 aromatic rings. The van der Waals surface area contributed by atoms with Crippen molar-refractivity contribution >= 4 is 35.7 Å². The zero-order valence-corrected chi connectivity index (χ0v) is 14.2. The van der Waals surface area contributed by atoms with Crippen LogP contribution in [0.3, 0.4) is 0 Å². The molecule has 3 fully saturated rings. The second-order valence-electron chi connectivity index (χ2n) is 6.86. The van der Waals surface area contributed by atoms with Crippen LogP contribution in [0.1, 0.15) is 19.3 Å². The fraction of sp³-hybridized carbons (Fsp3) is 0.529. The Balaban J connectivity index is 0.00000169. The molecule has 4 N–H and O–H groups in total. The lowest BCUT2D eigenvalue weighted by atomic mass is 9.84. The summed E-state index contributed by atoms with van der Waals surface area (Å²) >= 11 is 0. The van der Waals surface area contributed by atoms with Gasteiger partial charge in [-0.1, -0.05) is 6.07 Å². The molecule has 0 radical (unpaired) electrons. The van der Waals surface area contributed by atoms with Crippen molar-refractivity contribution in [3.63, 3.8) is 0 Å². The Morgan fingerprint density at radius 3 is 2.75 bits per heavy atom. The Hall–Kier alpha value is -1.79. The highest BCUT2D eigenvalue weighted by atomic mass is 35.5. The average Bonchev–Trinajstić information content (AvgIpc) is 3.23. The molecule has 24 heavy (non-hydrogen) atoms. The summed E-state index contributed by atoms with van der Waals surface area (Å²) in [5.74, 6) is 0.887. The Morgan fingerprint density at radius 2 is 2.08 bits per heavy atom. The Kier molecular flexibility index (Phi) is 4.69. The van der Waals surface area contributed by atoms with Crippen molar-refractivity contribution in [1.82, 2.24) is 5.32 Å². The highest BCUT2D eigenvalue weighted by molar-refractivity contribution is 5.97. The summed E-state index contributed by atoms with van der Waals surface area (Å²) in [6, 6.07) is 7.33. The van der Waals surface area contributed by atoms with E-state index in [2.05, 4.69) is 10.6 Å². The number of halogens is 1. The van der Waals surface area contributed by atoms with Gasteiger partial charge in [0.25, 0.3) is 0 Å². The van der Waals surface area contributed by atoms with Crippen LogP contribution in [-0.4, -0.2) is 31.1 Å². The highest BCUT2D eigenvalue weighted by Gasteiger charge is 2.49. The lowest BCUT2D eigenvalue weighted by Crippen LogP contribution is -2.42. The molecule has 2 bridgehead atoms. The summed E-state index contributed by atoms with van der Waals surface area (Å²) < 4.78 is 0. The number of benzene rings is 1. The molecule has 4 atom stereocenters. The first-order valence-electron chi connectivity index (χ1n) is 8.35. The van der Waals surface area contributed by atoms with E-state index in [0.29, 0.717) is 24.9 Å². The molecule has 1 aliphatic heterocycles. The third kappa shape index (κ3) is 2.84. The van der Waals surface area contributed by atoms with Crippen LogP contribution in [-0.2, 0) is 4.79 Å². The number of anilines is 2. The molecule has 130 valence electrons. The van der Waals surface area contributed by atoms with Crippen molar-refractivity contribution in [2.75, 3.05) is 23.3 Å². The Bertz CT molecular complexity index is 651. The quantitative estimate of drug-likeness (QED) is 0.778. The first kappa shape index (κ1) is 17.0. The fourth-order valence-corrected chi connectivity index (χ4v) is 4.42. The van der Waals surface area contributed by atoms with Crippen molar-refractivity contribution in [3.8, 4) is 0 Å². The van der Waals surface area contributed by atoms with E-state index in [1.807, 2.05) is 24.3 Å². The molecule has 1 saturated heterocycles. The number of fused-ring (bicyclic) bond motifs is 2. The Labute approximate surface area is 147 Å². The number of rotatable bonds is 3. The number of carbonyl (C=O) groups is 2. The number of nitrogens with two attached hydrogens (primary N) is 1. The van der Waals surface area contributed by atoms with Gasteiger partial charge in [0.2, 0.25) is 5.91 Å². The maximum Gasteiger partial charge on any atom is 0.321 e. The molecule has 6 nitrogen and oxygen atoms in total. The van der Waals surface area contributed by atoms with Crippen molar-refractivity contribution in [2.24, 2.45) is 23.5 Å². The van der Waals surface area contributed by atoms with Gasteiger partial charge < -0.3 is 16.4 Å². The van der Waals surface area contributed by atoms with Crippen LogP contribution in [0.5, 0.6) is 0 Å². The summed E-state index contributed by atoms with van der Waals surface area (Å²) in [5, 5.41) is 5.78. The van der Waals surface area contributed by atoms with Gasteiger partial charge in [0.1, 0.15) is 0 Å². The van der Waals surface area contributed by atoms with Crippen LogP contribution in [0.15, 0.2) is 24.3 Å². The monoisotopic (exact) mass is 350 g/mol. The molecule has 2 aliphatic carbocycles. The molecule has 3 aliphatic rings. The number of hydrogen-bond acceptors (Lipinski definition) is 3. The summed E-state index contributed by atoms with van der Waals surface area (Å²) in [6.45, 7) is 1.29. The number of nitrogens with zero attached hydrogens (tertiary/aromatic N) is 1. The highest BCUT2D eigenvalue weighted by Crippen LogP contribution is 2.47. The van der Waals surface area contributed by atoms with E-state index in [9.17, 15) is 9.59 Å². The van der Waals surface area contributed by atoms with E-state index in [1.54, 1.807) is 4.90 Å². The molecule has 0 aromatic heterocycles. The predicted octanol–water partition coefficient (Wildman–Crippen LogP) is 1.95. The van der Waals surface area contributed by atoms with Gasteiger partial charge in [-0.15, -0.1) is 12.4 Å². The zero-order valence-electron chi connectivity index (χ0n) is 13.4. The molecule has 1 heterocycles. The van der Waals surface area contributed by atoms with Crippen molar-refractivity contribution in [2.45, 2.75) is 25.3 Å². The summed E-state index contributed by atoms with van der Waals surface area (Å²) in [4.78, 5) is 26.1. The third-order valence-electron chi connectivity index (χ3n) is 5.57. The summed E-state index contributed by atoms with van der Waals surface area (Å²) in [6.07, 6.45) is 3.37. The number of urea groups is 1. The average molecular weight is 351 g/mol. The van der Waals surface area contributed by atoms with E-state index in [-0.39, 0.29) is 36.3 Å². The molecule has 0 spiro atoms. The van der Waals surface area contributed by atoms with Crippen LogP contribution in [0.2, 0.25) is 0 Å². The van der Waals surface area contributed by atoms with Gasteiger partial charge in [0, 0.05) is 30.5 Å². The minimum absolute atomic E-state index is 0. The predicted molar refractivity (Wildman–Crippen MR) is 95.4 cm³/mol. The van der Waals surface area contributed by atoms with Gasteiger partial charge >= 0.3 is 6.03 Å². The second kappa shape index (κ2) is 6.61. The van der Waals surface area contributed by atoms with Crippen LogP contribution >= 0.6 is 12.4 Å². The minimum atomic E-state index is -0.0939. The minimum Gasteiger partial charge on any atom is -0.336 e. The van der Waals surface area contributed by atoms with Crippen LogP contribution in [0.4, 0.5) is 16.2 Å². The molecule has 7 heteroatoms. The topological polar surface area (TPSA) is 87.5 Å². The molecular weight excluding hydrogens is 328 g/mol. The third-order valence-corrected chi connectivity index (χ3v) is 5.57. The second-order valence-corrected chi connectivity index (χ2v) is 6.86. The first-order valence-corrected chi connectivity index (χ1v) is 8.35. The number of nitrogens with one attached hydrogen (secondary N) is 2. The van der Waals surface area contributed by atoms with E-state index < -0.39 is 0 Å². The van der Waals surface area contributed by atoms with Gasteiger partial charge in [-0.25, -0.2) is 4.79 Å². The number of amides is 3. The Morgan fingerprint density at radius 1 is 1.29 bits per heavy atom. The molecule has 4 rings (SSSR count). The SMILES string of the molecule is Cl.NC1C2CCC(C2)C1C(=O)Nc1cccc(N2CCNC2=O)c1. The van der Waals surface area contributed by atoms with Gasteiger partial charge in [-0.05, 0) is 49.3 Å². The smallest absolute Gasteiger partial charge is 0.321 e. The van der Waals surface area contributed by atoms with Gasteiger partial charge in [-0.2, -0.15) is 0 Å². The molecule has 1 aromatic carbocycles. The van der Waals surface area contributed by atoms with E-state index in [0.717, 1.165) is 30.6 Å². The van der Waals surface area contributed by atoms with Gasteiger partial charge in [0.15, 0.2) is 0 Å². The fourth-order valence-electron chi connectivity index (χ4n) is 4.42.